The van der Waals surface area contributed by atoms with Gasteiger partial charge in [0.2, 0.25) is 0 Å². The van der Waals surface area contributed by atoms with Crippen LogP contribution in [0.4, 0.5) is 0 Å². The van der Waals surface area contributed by atoms with E-state index in [1.54, 1.807) is 0 Å². The first kappa shape index (κ1) is 9.24. The zero-order chi connectivity index (χ0) is 10.7. The summed E-state index contributed by atoms with van der Waals surface area (Å²) in [6, 6.07) is 0. The molecule has 9 nitrogen and oxygen atoms in total. The first-order valence-corrected chi connectivity index (χ1v) is 3.87. The van der Waals surface area contributed by atoms with Gasteiger partial charge >= 0.3 is 17.8 Å². The van der Waals surface area contributed by atoms with Gasteiger partial charge in [0.05, 0.1) is 5.27 Å². The minimum atomic E-state index is -0.436. The predicted molar refractivity (Wildman–Crippen MR) is 40.9 cm³/mol. The van der Waals surface area contributed by atoms with E-state index in [1.165, 1.54) is 6.92 Å². The average molecular weight is 211 g/mol. The Hall–Kier alpha value is -2.32. The molecule has 0 aliphatic carbocycles. The van der Waals surface area contributed by atoms with Gasteiger partial charge in [0.25, 0.3) is 5.89 Å². The number of nitrogens with zero attached hydrogens (tertiary/aromatic N) is 5. The summed E-state index contributed by atoms with van der Waals surface area (Å²) in [5.41, 5.74) is 0. The molecule has 0 aliphatic rings. The molecule has 0 bridgehead atoms. The highest BCUT2D eigenvalue weighted by Crippen LogP contribution is 2.13. The minimum absolute atomic E-state index is 0.0107. The van der Waals surface area contributed by atoms with Gasteiger partial charge in [0, 0.05) is 6.92 Å². The summed E-state index contributed by atoms with van der Waals surface area (Å²) in [5.74, 6) is -0.258. The van der Waals surface area contributed by atoms with Crippen LogP contribution < -0.4 is 0 Å². The van der Waals surface area contributed by atoms with E-state index >= 15 is 0 Å². The lowest BCUT2D eigenvalue weighted by molar-refractivity contribution is -0.142. The third-order valence-electron chi connectivity index (χ3n) is 1.35. The highest BCUT2D eigenvalue weighted by Gasteiger charge is 2.14. The summed E-state index contributed by atoms with van der Waals surface area (Å²) >= 11 is 0. The molecule has 0 radical (unpaired) electrons. The molecule has 0 saturated heterocycles. The van der Waals surface area contributed by atoms with Crippen molar-refractivity contribution in [1.82, 2.24) is 25.8 Å². The molecule has 0 fully saturated rings. The SMILES string of the molecule is CC(=O)OCc1nnc(-c2nnno2)o1. The van der Waals surface area contributed by atoms with Crippen LogP contribution in [-0.2, 0) is 16.1 Å². The van der Waals surface area contributed by atoms with Crippen molar-refractivity contribution in [3.05, 3.63) is 5.89 Å². The summed E-state index contributed by atoms with van der Waals surface area (Å²) < 4.78 is 14.3. The summed E-state index contributed by atoms with van der Waals surface area (Å²) in [6.07, 6.45) is 0. The molecular weight excluding hydrogens is 206 g/mol. The molecule has 0 atom stereocenters. The first-order chi connectivity index (χ1) is 7.25. The van der Waals surface area contributed by atoms with Crippen LogP contribution >= 0.6 is 0 Å². The monoisotopic (exact) mass is 211 g/mol. The maximum absolute atomic E-state index is 10.5. The highest BCUT2D eigenvalue weighted by molar-refractivity contribution is 5.65. The van der Waals surface area contributed by atoms with Crippen molar-refractivity contribution in [2.45, 2.75) is 13.5 Å². The lowest BCUT2D eigenvalue weighted by Crippen LogP contribution is -1.98. The second-order valence-electron chi connectivity index (χ2n) is 2.45. The minimum Gasteiger partial charge on any atom is -0.456 e. The molecule has 2 rings (SSSR count). The third kappa shape index (κ3) is 2.13. The standard InChI is InChI=1S/C6H5N5O4/c1-3(12)13-2-4-7-8-5(14-4)6-9-10-11-15-6/h2H2,1H3. The highest BCUT2D eigenvalue weighted by atomic mass is 16.5. The molecule has 0 unspecified atom stereocenters. The summed E-state index contributed by atoms with van der Waals surface area (Å²) in [7, 11) is 0. The molecule has 0 amide bonds. The summed E-state index contributed by atoms with van der Waals surface area (Å²) in [5, 5.41) is 17.0. The molecule has 0 N–H and O–H groups in total. The molecule has 2 aromatic heterocycles. The zero-order valence-corrected chi connectivity index (χ0v) is 7.58. The van der Waals surface area contributed by atoms with E-state index in [4.69, 9.17) is 4.42 Å². The van der Waals surface area contributed by atoms with E-state index in [0.29, 0.717) is 0 Å². The fraction of sp³-hybridized carbons (Fsp3) is 0.333. The van der Waals surface area contributed by atoms with Gasteiger partial charge in [-0.25, -0.2) is 0 Å². The first-order valence-electron chi connectivity index (χ1n) is 3.87. The largest absolute Gasteiger partial charge is 0.456 e. The topological polar surface area (TPSA) is 117 Å². The van der Waals surface area contributed by atoms with Gasteiger partial charge in [-0.15, -0.1) is 10.2 Å². The van der Waals surface area contributed by atoms with Gasteiger partial charge in [-0.05, 0) is 5.21 Å². The Morgan fingerprint density at radius 1 is 1.33 bits per heavy atom. The maximum atomic E-state index is 10.5. The zero-order valence-electron chi connectivity index (χ0n) is 7.58. The molecule has 0 spiro atoms. The lowest BCUT2D eigenvalue weighted by Gasteiger charge is -1.93. The van der Waals surface area contributed by atoms with Crippen LogP contribution in [0.25, 0.3) is 11.8 Å². The summed E-state index contributed by atoms with van der Waals surface area (Å²) in [6.45, 7) is 1.18. The van der Waals surface area contributed by atoms with Gasteiger partial charge in [0.1, 0.15) is 0 Å². The molecular formula is C6H5N5O4. The maximum Gasteiger partial charge on any atom is 0.335 e. The van der Waals surface area contributed by atoms with Crippen molar-refractivity contribution in [2.24, 2.45) is 0 Å². The van der Waals surface area contributed by atoms with Gasteiger partial charge in [0.15, 0.2) is 6.61 Å². The van der Waals surface area contributed by atoms with Gasteiger partial charge in [-0.3, -0.25) is 4.79 Å². The molecule has 9 heteroatoms. The van der Waals surface area contributed by atoms with Crippen molar-refractivity contribution in [1.29, 1.82) is 0 Å². The van der Waals surface area contributed by atoms with Crippen LogP contribution in [0.15, 0.2) is 8.94 Å². The lowest BCUT2D eigenvalue weighted by atomic mass is 10.6. The van der Waals surface area contributed by atoms with Crippen molar-refractivity contribution in [3.63, 3.8) is 0 Å². The second kappa shape index (κ2) is 3.82. The molecule has 0 aromatic carbocycles. The Morgan fingerprint density at radius 2 is 2.20 bits per heavy atom. The van der Waals surface area contributed by atoms with E-state index in [-0.39, 0.29) is 24.3 Å². The molecule has 2 heterocycles. The third-order valence-corrected chi connectivity index (χ3v) is 1.35. The molecule has 15 heavy (non-hydrogen) atoms. The van der Waals surface area contributed by atoms with Crippen molar-refractivity contribution in [2.75, 3.05) is 0 Å². The number of aromatic nitrogens is 5. The second-order valence-corrected chi connectivity index (χ2v) is 2.45. The number of carbonyl (C=O) groups excluding carboxylic acids is 1. The number of esters is 1. The van der Waals surface area contributed by atoms with E-state index in [9.17, 15) is 4.79 Å². The molecule has 0 saturated carbocycles. The number of ether oxygens (including phenoxy) is 1. The van der Waals surface area contributed by atoms with Crippen LogP contribution in [0.2, 0.25) is 0 Å². The van der Waals surface area contributed by atoms with Crippen molar-refractivity contribution < 1.29 is 18.5 Å². The van der Waals surface area contributed by atoms with E-state index in [2.05, 4.69) is 35.0 Å². The quantitative estimate of drug-likeness (QED) is 0.623. The van der Waals surface area contributed by atoms with Crippen LogP contribution in [0.5, 0.6) is 0 Å². The van der Waals surface area contributed by atoms with Gasteiger partial charge < -0.3 is 13.7 Å². The predicted octanol–water partition coefficient (Wildman–Crippen LogP) is -0.422. The van der Waals surface area contributed by atoms with Crippen LogP contribution in [0.1, 0.15) is 12.8 Å². The fourth-order valence-corrected chi connectivity index (χ4v) is 0.778. The van der Waals surface area contributed by atoms with E-state index in [0.717, 1.165) is 0 Å². The van der Waals surface area contributed by atoms with E-state index < -0.39 is 5.97 Å². The normalized spacial score (nSPS) is 10.2. The number of hydrogen-bond donors (Lipinski definition) is 0. The Balaban J connectivity index is 2.08. The fourth-order valence-electron chi connectivity index (χ4n) is 0.778. The van der Waals surface area contributed by atoms with Gasteiger partial charge in [-0.1, -0.05) is 5.10 Å². The Kier molecular flexibility index (Phi) is 2.35. The summed E-state index contributed by atoms with van der Waals surface area (Å²) in [4.78, 5) is 10.5. The number of carbonyl (C=O) groups is 1. The number of rotatable bonds is 3. The van der Waals surface area contributed by atoms with Crippen LogP contribution in [0.3, 0.4) is 0 Å². The Bertz CT molecular complexity index is 450. The molecule has 0 aliphatic heterocycles. The van der Waals surface area contributed by atoms with Crippen LogP contribution in [-0.4, -0.2) is 31.8 Å². The Morgan fingerprint density at radius 3 is 2.87 bits per heavy atom. The Labute approximate surface area is 82.4 Å². The van der Waals surface area contributed by atoms with Crippen molar-refractivity contribution in [3.8, 4) is 11.8 Å². The van der Waals surface area contributed by atoms with Crippen LogP contribution in [0, 0.1) is 0 Å². The van der Waals surface area contributed by atoms with Crippen molar-refractivity contribution >= 4 is 5.97 Å². The average Bonchev–Trinajstić information content (AvgIpc) is 2.85. The molecule has 2 aromatic rings. The van der Waals surface area contributed by atoms with E-state index in [1.807, 2.05) is 0 Å². The molecule has 78 valence electrons. The number of hydrogen-bond acceptors (Lipinski definition) is 9. The van der Waals surface area contributed by atoms with Gasteiger partial charge in [-0.2, -0.15) is 0 Å². The smallest absolute Gasteiger partial charge is 0.335 e.